The first-order valence-corrected chi connectivity index (χ1v) is 4.64. The third-order valence-electron chi connectivity index (χ3n) is 2.45. The summed E-state index contributed by atoms with van der Waals surface area (Å²) in [5.41, 5.74) is 0. The molecule has 1 fully saturated rings. The van der Waals surface area contributed by atoms with E-state index in [1.807, 2.05) is 0 Å². The molecule has 1 amide bonds. The molecule has 0 bridgehead atoms. The summed E-state index contributed by atoms with van der Waals surface area (Å²) >= 11 is 0. The van der Waals surface area contributed by atoms with Crippen molar-refractivity contribution in [2.45, 2.75) is 32.1 Å². The van der Waals surface area contributed by atoms with Gasteiger partial charge in [0.05, 0.1) is 7.11 Å². The molecule has 13 heavy (non-hydrogen) atoms. The zero-order valence-electron chi connectivity index (χ0n) is 8.04. The molecule has 4 heteroatoms. The molecular weight excluding hydrogens is 190 g/mol. The molecule has 0 spiro atoms. The zero-order chi connectivity index (χ0) is 8.81. The highest BCUT2D eigenvalue weighted by molar-refractivity contribution is 5.85. The van der Waals surface area contributed by atoms with Gasteiger partial charge < -0.3 is 10.1 Å². The molecule has 1 saturated carbocycles. The van der Waals surface area contributed by atoms with Gasteiger partial charge in [-0.15, -0.1) is 12.4 Å². The van der Waals surface area contributed by atoms with Gasteiger partial charge in [0.1, 0.15) is 0 Å². The van der Waals surface area contributed by atoms with Gasteiger partial charge in [-0.3, -0.25) is 0 Å². The molecular formula is C9H18ClNO2. The number of alkyl carbamates (subject to hydrolysis) is 1. The van der Waals surface area contributed by atoms with E-state index >= 15 is 0 Å². The second-order valence-electron chi connectivity index (χ2n) is 3.38. The maximum atomic E-state index is 10.7. The average molecular weight is 208 g/mol. The Morgan fingerprint density at radius 2 is 2.00 bits per heavy atom. The van der Waals surface area contributed by atoms with Crippen LogP contribution in [0, 0.1) is 5.92 Å². The molecule has 0 saturated heterocycles. The van der Waals surface area contributed by atoms with Crippen LogP contribution in [0.3, 0.4) is 0 Å². The Morgan fingerprint density at radius 1 is 1.38 bits per heavy atom. The topological polar surface area (TPSA) is 38.3 Å². The Labute approximate surface area is 85.6 Å². The summed E-state index contributed by atoms with van der Waals surface area (Å²) in [5.74, 6) is 0.679. The van der Waals surface area contributed by atoms with Crippen molar-refractivity contribution < 1.29 is 9.53 Å². The number of rotatable bonds is 2. The Kier molecular flexibility index (Phi) is 6.77. The largest absolute Gasteiger partial charge is 0.453 e. The molecule has 1 aliphatic rings. The molecule has 1 aliphatic carbocycles. The number of nitrogens with one attached hydrogen (secondary N) is 1. The van der Waals surface area contributed by atoms with E-state index in [-0.39, 0.29) is 18.5 Å². The maximum absolute atomic E-state index is 10.7. The highest BCUT2D eigenvalue weighted by atomic mass is 35.5. The van der Waals surface area contributed by atoms with Crippen LogP contribution in [0.25, 0.3) is 0 Å². The molecule has 1 rings (SSSR count). The van der Waals surface area contributed by atoms with Crippen LogP contribution < -0.4 is 5.32 Å². The Balaban J connectivity index is 0.00000144. The first-order chi connectivity index (χ1) is 5.83. The van der Waals surface area contributed by atoms with Crippen molar-refractivity contribution in [3.63, 3.8) is 0 Å². The van der Waals surface area contributed by atoms with E-state index in [2.05, 4.69) is 10.1 Å². The normalized spacial score (nSPS) is 17.3. The van der Waals surface area contributed by atoms with Gasteiger partial charge in [0.2, 0.25) is 0 Å². The molecule has 0 atom stereocenters. The van der Waals surface area contributed by atoms with E-state index in [9.17, 15) is 4.79 Å². The van der Waals surface area contributed by atoms with Gasteiger partial charge in [-0.2, -0.15) is 0 Å². The van der Waals surface area contributed by atoms with Gasteiger partial charge in [0, 0.05) is 6.54 Å². The first kappa shape index (κ1) is 12.6. The van der Waals surface area contributed by atoms with Crippen molar-refractivity contribution in [3.8, 4) is 0 Å². The smallest absolute Gasteiger partial charge is 0.406 e. The van der Waals surface area contributed by atoms with Crippen molar-refractivity contribution in [2.75, 3.05) is 13.7 Å². The molecule has 1 N–H and O–H groups in total. The lowest BCUT2D eigenvalue weighted by molar-refractivity contribution is 0.167. The number of ether oxygens (including phenoxy) is 1. The minimum atomic E-state index is -0.305. The molecule has 0 aromatic rings. The van der Waals surface area contributed by atoms with Gasteiger partial charge in [-0.1, -0.05) is 19.3 Å². The molecule has 78 valence electrons. The molecule has 0 radical (unpaired) electrons. The zero-order valence-corrected chi connectivity index (χ0v) is 8.86. The summed E-state index contributed by atoms with van der Waals surface area (Å²) in [5, 5.41) is 2.74. The van der Waals surface area contributed by atoms with Gasteiger partial charge in [0.25, 0.3) is 0 Å². The van der Waals surface area contributed by atoms with Crippen LogP contribution >= 0.6 is 12.4 Å². The second-order valence-corrected chi connectivity index (χ2v) is 3.38. The summed E-state index contributed by atoms with van der Waals surface area (Å²) in [6.45, 7) is 0.784. The number of carbonyl (C=O) groups is 1. The van der Waals surface area contributed by atoms with Crippen LogP contribution in [0.15, 0.2) is 0 Å². The van der Waals surface area contributed by atoms with Crippen molar-refractivity contribution in [1.82, 2.24) is 5.32 Å². The maximum Gasteiger partial charge on any atom is 0.406 e. The van der Waals surface area contributed by atoms with E-state index in [1.54, 1.807) is 0 Å². The average Bonchev–Trinajstić information content (AvgIpc) is 2.16. The second kappa shape index (κ2) is 7.01. The Morgan fingerprint density at radius 3 is 2.54 bits per heavy atom. The minimum absolute atomic E-state index is 0. The highest BCUT2D eigenvalue weighted by Gasteiger charge is 2.13. The first-order valence-electron chi connectivity index (χ1n) is 4.64. The van der Waals surface area contributed by atoms with Crippen LogP contribution in [0.2, 0.25) is 0 Å². The number of hydrogen-bond donors (Lipinski definition) is 1. The van der Waals surface area contributed by atoms with Crippen LogP contribution in [0.4, 0.5) is 4.79 Å². The van der Waals surface area contributed by atoms with Crippen molar-refractivity contribution in [2.24, 2.45) is 5.92 Å². The van der Waals surface area contributed by atoms with Gasteiger partial charge in [0.15, 0.2) is 0 Å². The monoisotopic (exact) mass is 207 g/mol. The number of amides is 1. The van der Waals surface area contributed by atoms with Crippen LogP contribution in [-0.2, 0) is 4.74 Å². The summed E-state index contributed by atoms with van der Waals surface area (Å²) in [6, 6.07) is 0. The van der Waals surface area contributed by atoms with E-state index < -0.39 is 0 Å². The molecule has 3 nitrogen and oxygen atoms in total. The highest BCUT2D eigenvalue weighted by Crippen LogP contribution is 2.22. The summed E-state index contributed by atoms with van der Waals surface area (Å²) < 4.78 is 4.49. The fourth-order valence-corrected chi connectivity index (χ4v) is 1.69. The lowest BCUT2D eigenvalue weighted by Gasteiger charge is -2.21. The number of halogens is 1. The molecule has 0 aliphatic heterocycles. The Bertz CT molecular complexity index is 147. The van der Waals surface area contributed by atoms with Crippen molar-refractivity contribution in [3.05, 3.63) is 0 Å². The predicted molar refractivity (Wildman–Crippen MR) is 54.2 cm³/mol. The lowest BCUT2D eigenvalue weighted by atomic mass is 9.89. The van der Waals surface area contributed by atoms with Gasteiger partial charge >= 0.3 is 6.09 Å². The third-order valence-corrected chi connectivity index (χ3v) is 2.45. The minimum Gasteiger partial charge on any atom is -0.453 e. The van der Waals surface area contributed by atoms with E-state index in [1.165, 1.54) is 39.2 Å². The van der Waals surface area contributed by atoms with Gasteiger partial charge in [-0.05, 0) is 18.8 Å². The molecule has 0 heterocycles. The summed E-state index contributed by atoms with van der Waals surface area (Å²) in [4.78, 5) is 10.7. The van der Waals surface area contributed by atoms with Crippen molar-refractivity contribution in [1.29, 1.82) is 0 Å². The number of methoxy groups -OCH3 is 1. The summed E-state index contributed by atoms with van der Waals surface area (Å²) in [6.07, 6.45) is 6.18. The number of hydrogen-bond acceptors (Lipinski definition) is 2. The molecule has 0 unspecified atom stereocenters. The molecule has 0 aromatic carbocycles. The Hall–Kier alpha value is -0.440. The fourth-order valence-electron chi connectivity index (χ4n) is 1.69. The third kappa shape index (κ3) is 4.98. The molecule has 0 aromatic heterocycles. The fraction of sp³-hybridized carbons (Fsp3) is 0.889. The van der Waals surface area contributed by atoms with E-state index in [4.69, 9.17) is 0 Å². The van der Waals surface area contributed by atoms with Crippen LogP contribution in [0.1, 0.15) is 32.1 Å². The summed E-state index contributed by atoms with van der Waals surface area (Å²) in [7, 11) is 1.40. The lowest BCUT2D eigenvalue weighted by Crippen LogP contribution is -2.29. The standard InChI is InChI=1S/C9H17NO2.ClH/c1-12-9(11)10-7-8-5-3-2-4-6-8;/h8H,2-7H2,1H3,(H,10,11);1H. The van der Waals surface area contributed by atoms with Crippen molar-refractivity contribution >= 4 is 18.5 Å². The van der Waals surface area contributed by atoms with Gasteiger partial charge in [-0.25, -0.2) is 4.79 Å². The van der Waals surface area contributed by atoms with Crippen LogP contribution in [0.5, 0.6) is 0 Å². The number of carbonyl (C=O) groups excluding carboxylic acids is 1. The van der Waals surface area contributed by atoms with E-state index in [0.29, 0.717) is 5.92 Å². The van der Waals surface area contributed by atoms with Crippen LogP contribution in [-0.4, -0.2) is 19.7 Å². The predicted octanol–water partition coefficient (Wildman–Crippen LogP) is 2.34. The quantitative estimate of drug-likeness (QED) is 0.755. The SMILES string of the molecule is COC(=O)NCC1CCCCC1.Cl. The van der Waals surface area contributed by atoms with E-state index in [0.717, 1.165) is 6.54 Å².